The highest BCUT2D eigenvalue weighted by molar-refractivity contribution is 5.09. The molecule has 2 aromatic rings. The Balaban J connectivity index is 1.59. The normalized spacial score (nSPS) is 16.8. The van der Waals surface area contributed by atoms with Gasteiger partial charge in [-0.3, -0.25) is 9.58 Å². The molecule has 1 saturated heterocycles. The van der Waals surface area contributed by atoms with E-state index >= 15 is 0 Å². The zero-order valence-electron chi connectivity index (χ0n) is 12.0. The van der Waals surface area contributed by atoms with E-state index in [1.165, 1.54) is 5.69 Å². The molecule has 0 saturated carbocycles. The van der Waals surface area contributed by atoms with Crippen LogP contribution in [0.1, 0.15) is 34.8 Å². The van der Waals surface area contributed by atoms with E-state index in [4.69, 9.17) is 4.42 Å². The van der Waals surface area contributed by atoms with Crippen molar-refractivity contribution in [2.45, 2.75) is 40.3 Å². The number of aryl methyl sites for hydroxylation is 4. The molecule has 5 nitrogen and oxygen atoms in total. The maximum Gasteiger partial charge on any atom is 0.208 e. The summed E-state index contributed by atoms with van der Waals surface area (Å²) in [4.78, 5) is 6.76. The van der Waals surface area contributed by atoms with Gasteiger partial charge in [-0.1, -0.05) is 0 Å². The smallest absolute Gasteiger partial charge is 0.208 e. The first-order valence-corrected chi connectivity index (χ1v) is 6.71. The molecule has 0 N–H and O–H groups in total. The molecular formula is C14H20N4O. The molecule has 0 aromatic carbocycles. The minimum atomic E-state index is 0.492. The van der Waals surface area contributed by atoms with Gasteiger partial charge in [0.15, 0.2) is 0 Å². The van der Waals surface area contributed by atoms with E-state index < -0.39 is 0 Å². The highest BCUT2D eigenvalue weighted by Crippen LogP contribution is 2.24. The lowest BCUT2D eigenvalue weighted by Crippen LogP contribution is -2.47. The monoisotopic (exact) mass is 260 g/mol. The summed E-state index contributed by atoms with van der Waals surface area (Å²) in [6, 6.07) is 2.62. The van der Waals surface area contributed by atoms with Crippen LogP contribution < -0.4 is 0 Å². The lowest BCUT2D eigenvalue weighted by molar-refractivity contribution is 0.0798. The molecule has 0 bridgehead atoms. The summed E-state index contributed by atoms with van der Waals surface area (Å²) in [5.74, 6) is 1.74. The third-order valence-corrected chi connectivity index (χ3v) is 3.76. The van der Waals surface area contributed by atoms with E-state index in [-0.39, 0.29) is 0 Å². The minimum absolute atomic E-state index is 0.492. The van der Waals surface area contributed by atoms with Crippen LogP contribution in [0.5, 0.6) is 0 Å². The van der Waals surface area contributed by atoms with Crippen LogP contribution in [0.15, 0.2) is 10.5 Å². The predicted octanol–water partition coefficient (Wildman–Crippen LogP) is 2.16. The van der Waals surface area contributed by atoms with Crippen LogP contribution in [0.4, 0.5) is 0 Å². The molecule has 0 aliphatic carbocycles. The molecule has 0 atom stereocenters. The van der Waals surface area contributed by atoms with Crippen molar-refractivity contribution in [3.05, 3.63) is 34.8 Å². The molecule has 0 unspecified atom stereocenters. The number of likely N-dealkylation sites (tertiary alicyclic amines) is 1. The molecule has 3 rings (SSSR count). The number of nitrogens with zero attached hydrogens (tertiary/aromatic N) is 4. The molecular weight excluding hydrogens is 240 g/mol. The van der Waals surface area contributed by atoms with Crippen molar-refractivity contribution in [2.24, 2.45) is 0 Å². The Morgan fingerprint density at radius 1 is 1.26 bits per heavy atom. The van der Waals surface area contributed by atoms with Gasteiger partial charge in [-0.05, 0) is 33.8 Å². The largest absolute Gasteiger partial charge is 0.444 e. The van der Waals surface area contributed by atoms with Crippen molar-refractivity contribution >= 4 is 0 Å². The zero-order chi connectivity index (χ0) is 13.6. The van der Waals surface area contributed by atoms with Gasteiger partial charge < -0.3 is 4.42 Å². The van der Waals surface area contributed by atoms with Gasteiger partial charge in [-0.25, -0.2) is 4.98 Å². The lowest BCUT2D eigenvalue weighted by atomic mass is 10.1. The second kappa shape index (κ2) is 4.49. The second-order valence-electron chi connectivity index (χ2n) is 5.47. The van der Waals surface area contributed by atoms with E-state index in [0.29, 0.717) is 6.04 Å². The Bertz CT molecular complexity index is 573. The van der Waals surface area contributed by atoms with Gasteiger partial charge in [0.25, 0.3) is 0 Å². The second-order valence-corrected chi connectivity index (χ2v) is 5.47. The molecule has 0 radical (unpaired) electrons. The highest BCUT2D eigenvalue weighted by Gasteiger charge is 2.30. The van der Waals surface area contributed by atoms with E-state index in [9.17, 15) is 0 Å². The summed E-state index contributed by atoms with van der Waals surface area (Å²) in [6.07, 6.45) is 0. The molecule has 2 aromatic heterocycles. The Morgan fingerprint density at radius 3 is 2.53 bits per heavy atom. The van der Waals surface area contributed by atoms with Crippen LogP contribution >= 0.6 is 0 Å². The number of rotatable bonds is 3. The van der Waals surface area contributed by atoms with Crippen LogP contribution in [-0.2, 0) is 6.54 Å². The van der Waals surface area contributed by atoms with Gasteiger partial charge in [0, 0.05) is 18.8 Å². The van der Waals surface area contributed by atoms with Crippen LogP contribution in [0.25, 0.3) is 0 Å². The molecule has 0 spiro atoms. The van der Waals surface area contributed by atoms with Crippen molar-refractivity contribution in [1.82, 2.24) is 19.7 Å². The molecule has 3 heterocycles. The molecule has 102 valence electrons. The molecule has 1 fully saturated rings. The maximum atomic E-state index is 5.61. The topological polar surface area (TPSA) is 47.1 Å². The van der Waals surface area contributed by atoms with Gasteiger partial charge in [0.1, 0.15) is 5.76 Å². The van der Waals surface area contributed by atoms with Gasteiger partial charge >= 0.3 is 0 Å². The van der Waals surface area contributed by atoms with E-state index in [2.05, 4.69) is 32.7 Å². The van der Waals surface area contributed by atoms with Crippen molar-refractivity contribution in [1.29, 1.82) is 0 Å². The quantitative estimate of drug-likeness (QED) is 0.848. The van der Waals surface area contributed by atoms with E-state index in [1.54, 1.807) is 0 Å². The summed E-state index contributed by atoms with van der Waals surface area (Å²) >= 11 is 0. The summed E-state index contributed by atoms with van der Waals surface area (Å²) in [5, 5.41) is 4.54. The SMILES string of the molecule is Cc1cc(C)n(C2CN(Cc3nc(C)c(C)o3)C2)n1. The van der Waals surface area contributed by atoms with E-state index in [1.807, 2.05) is 20.8 Å². The standard InChI is InChI=1S/C14H20N4O/c1-9-5-10(2)18(16-9)13-6-17(7-13)8-14-15-11(3)12(4)19-14/h5,13H,6-8H2,1-4H3. The summed E-state index contributed by atoms with van der Waals surface area (Å²) in [5.41, 5.74) is 3.32. The molecule has 5 heteroatoms. The first-order valence-electron chi connectivity index (χ1n) is 6.71. The molecule has 1 aliphatic heterocycles. The van der Waals surface area contributed by atoms with E-state index in [0.717, 1.165) is 42.7 Å². The number of aromatic nitrogens is 3. The minimum Gasteiger partial charge on any atom is -0.444 e. The summed E-state index contributed by atoms with van der Waals surface area (Å²) in [6.45, 7) is 10.9. The van der Waals surface area contributed by atoms with Gasteiger partial charge in [-0.2, -0.15) is 5.10 Å². The van der Waals surface area contributed by atoms with Crippen molar-refractivity contribution < 1.29 is 4.42 Å². The maximum absolute atomic E-state index is 5.61. The Morgan fingerprint density at radius 2 is 2.00 bits per heavy atom. The van der Waals surface area contributed by atoms with Crippen LogP contribution in [-0.4, -0.2) is 32.8 Å². The number of oxazole rings is 1. The van der Waals surface area contributed by atoms with Crippen LogP contribution in [0.2, 0.25) is 0 Å². The predicted molar refractivity (Wildman–Crippen MR) is 72.0 cm³/mol. The third kappa shape index (κ3) is 2.30. The Labute approximate surface area is 113 Å². The van der Waals surface area contributed by atoms with Gasteiger partial charge in [0.2, 0.25) is 5.89 Å². The fourth-order valence-corrected chi connectivity index (χ4v) is 2.64. The summed E-state index contributed by atoms with van der Waals surface area (Å²) in [7, 11) is 0. The van der Waals surface area contributed by atoms with Gasteiger partial charge in [-0.15, -0.1) is 0 Å². The number of hydrogen-bond donors (Lipinski definition) is 0. The molecule has 19 heavy (non-hydrogen) atoms. The average molecular weight is 260 g/mol. The van der Waals surface area contributed by atoms with Gasteiger partial charge in [0.05, 0.1) is 24.0 Å². The first-order chi connectivity index (χ1) is 9.02. The lowest BCUT2D eigenvalue weighted by Gasteiger charge is -2.38. The van der Waals surface area contributed by atoms with Crippen LogP contribution in [0, 0.1) is 27.7 Å². The highest BCUT2D eigenvalue weighted by atomic mass is 16.4. The van der Waals surface area contributed by atoms with Crippen molar-refractivity contribution in [2.75, 3.05) is 13.1 Å². The fraction of sp³-hybridized carbons (Fsp3) is 0.571. The molecule has 1 aliphatic rings. The Kier molecular flexibility index (Phi) is 2.93. The summed E-state index contributed by atoms with van der Waals surface area (Å²) < 4.78 is 7.75. The molecule has 0 amide bonds. The number of hydrogen-bond acceptors (Lipinski definition) is 4. The van der Waals surface area contributed by atoms with Crippen molar-refractivity contribution in [3.8, 4) is 0 Å². The third-order valence-electron chi connectivity index (χ3n) is 3.76. The fourth-order valence-electron chi connectivity index (χ4n) is 2.64. The first kappa shape index (κ1) is 12.4. The zero-order valence-corrected chi connectivity index (χ0v) is 12.0. The average Bonchev–Trinajstić information content (AvgIpc) is 2.76. The van der Waals surface area contributed by atoms with Crippen LogP contribution in [0.3, 0.4) is 0 Å². The van der Waals surface area contributed by atoms with Crippen molar-refractivity contribution in [3.63, 3.8) is 0 Å². The Hall–Kier alpha value is -1.62.